The number of benzene rings is 2. The molecule has 0 saturated carbocycles. The lowest BCUT2D eigenvalue weighted by molar-refractivity contribution is 0.299. The first-order chi connectivity index (χ1) is 9.63. The van der Waals surface area contributed by atoms with Crippen LogP contribution >= 0.6 is 0 Å². The molecule has 2 aromatic carbocycles. The van der Waals surface area contributed by atoms with Crippen LogP contribution in [-0.4, -0.2) is 11.7 Å². The molecule has 102 valence electrons. The first-order valence-corrected chi connectivity index (χ1v) is 5.91. The second kappa shape index (κ2) is 6.13. The van der Waals surface area contributed by atoms with Gasteiger partial charge in [0.05, 0.1) is 11.6 Å². The molecule has 20 heavy (non-hydrogen) atoms. The average molecular weight is 275 g/mol. The molecule has 0 amide bonds. The summed E-state index contributed by atoms with van der Waals surface area (Å²) in [6.45, 7) is 0.0269. The average Bonchev–Trinajstić information content (AvgIpc) is 2.44. The van der Waals surface area contributed by atoms with Crippen molar-refractivity contribution in [2.24, 2.45) is 0 Å². The zero-order valence-electron chi connectivity index (χ0n) is 10.4. The summed E-state index contributed by atoms with van der Waals surface area (Å²) in [5, 5.41) is 17.4. The van der Waals surface area contributed by atoms with Gasteiger partial charge in [-0.3, -0.25) is 0 Å². The van der Waals surface area contributed by atoms with Crippen molar-refractivity contribution in [3.05, 3.63) is 59.2 Å². The highest BCUT2D eigenvalue weighted by molar-refractivity contribution is 5.40. The maximum atomic E-state index is 13.6. The molecule has 0 aliphatic carbocycles. The van der Waals surface area contributed by atoms with E-state index in [1.54, 1.807) is 30.3 Å². The van der Waals surface area contributed by atoms with Crippen LogP contribution in [0.4, 0.5) is 8.78 Å². The SMILES string of the molecule is N#Cc1cc(F)c(Oc2ccc(CCO)cc2)c(F)c1. The summed E-state index contributed by atoms with van der Waals surface area (Å²) in [4.78, 5) is 0. The molecule has 0 atom stereocenters. The third-order valence-electron chi connectivity index (χ3n) is 2.67. The fourth-order valence-electron chi connectivity index (χ4n) is 1.69. The fourth-order valence-corrected chi connectivity index (χ4v) is 1.69. The van der Waals surface area contributed by atoms with Crippen molar-refractivity contribution in [1.82, 2.24) is 0 Å². The van der Waals surface area contributed by atoms with E-state index in [1.165, 1.54) is 0 Å². The summed E-state index contributed by atoms with van der Waals surface area (Å²) >= 11 is 0. The van der Waals surface area contributed by atoms with E-state index in [0.717, 1.165) is 17.7 Å². The summed E-state index contributed by atoms with van der Waals surface area (Å²) in [6, 6.07) is 10.0. The zero-order chi connectivity index (χ0) is 14.5. The van der Waals surface area contributed by atoms with E-state index in [4.69, 9.17) is 15.1 Å². The van der Waals surface area contributed by atoms with E-state index in [1.807, 2.05) is 0 Å². The molecule has 0 aliphatic rings. The lowest BCUT2D eigenvalue weighted by Crippen LogP contribution is -1.95. The van der Waals surface area contributed by atoms with E-state index >= 15 is 0 Å². The number of nitriles is 1. The van der Waals surface area contributed by atoms with Gasteiger partial charge in [-0.05, 0) is 36.2 Å². The van der Waals surface area contributed by atoms with Gasteiger partial charge in [0.2, 0.25) is 0 Å². The van der Waals surface area contributed by atoms with E-state index in [0.29, 0.717) is 6.42 Å². The van der Waals surface area contributed by atoms with Crippen LogP contribution in [-0.2, 0) is 6.42 Å². The van der Waals surface area contributed by atoms with Crippen LogP contribution in [0, 0.1) is 23.0 Å². The smallest absolute Gasteiger partial charge is 0.198 e. The van der Waals surface area contributed by atoms with Crippen molar-refractivity contribution >= 4 is 0 Å². The Labute approximate surface area is 114 Å². The van der Waals surface area contributed by atoms with Crippen LogP contribution in [0.15, 0.2) is 36.4 Å². The van der Waals surface area contributed by atoms with Crippen LogP contribution in [0.25, 0.3) is 0 Å². The van der Waals surface area contributed by atoms with E-state index in [-0.39, 0.29) is 17.9 Å². The lowest BCUT2D eigenvalue weighted by Gasteiger charge is -2.08. The van der Waals surface area contributed by atoms with Crippen LogP contribution in [0.1, 0.15) is 11.1 Å². The maximum absolute atomic E-state index is 13.6. The Kier molecular flexibility index (Phi) is 4.28. The molecule has 0 radical (unpaired) electrons. The third-order valence-corrected chi connectivity index (χ3v) is 2.67. The van der Waals surface area contributed by atoms with E-state index in [9.17, 15) is 8.78 Å². The molecule has 1 N–H and O–H groups in total. The summed E-state index contributed by atoms with van der Waals surface area (Å²) < 4.78 is 32.4. The molecule has 3 nitrogen and oxygen atoms in total. The Morgan fingerprint density at radius 2 is 1.70 bits per heavy atom. The standard InChI is InChI=1S/C15H11F2NO2/c16-13-7-11(9-18)8-14(17)15(13)20-12-3-1-10(2-4-12)5-6-19/h1-4,7-8,19H,5-6H2. The van der Waals surface area contributed by atoms with Gasteiger partial charge in [0.15, 0.2) is 17.4 Å². The zero-order valence-corrected chi connectivity index (χ0v) is 10.4. The highest BCUT2D eigenvalue weighted by Gasteiger charge is 2.13. The molecule has 5 heteroatoms. The molecule has 0 aliphatic heterocycles. The molecule has 0 saturated heterocycles. The van der Waals surface area contributed by atoms with Crippen LogP contribution in [0.5, 0.6) is 11.5 Å². The molecule has 2 rings (SSSR count). The molecule has 0 heterocycles. The number of hydrogen-bond donors (Lipinski definition) is 1. The van der Waals surface area contributed by atoms with E-state index < -0.39 is 17.4 Å². The highest BCUT2D eigenvalue weighted by Crippen LogP contribution is 2.28. The van der Waals surface area contributed by atoms with Gasteiger partial charge >= 0.3 is 0 Å². The van der Waals surface area contributed by atoms with Gasteiger partial charge in [0, 0.05) is 6.61 Å². The number of aliphatic hydroxyl groups excluding tert-OH is 1. The molecule has 0 fully saturated rings. The summed E-state index contributed by atoms with van der Waals surface area (Å²) in [7, 11) is 0. The van der Waals surface area contributed by atoms with Gasteiger partial charge in [0.1, 0.15) is 5.75 Å². The Morgan fingerprint density at radius 1 is 1.10 bits per heavy atom. The predicted molar refractivity (Wildman–Crippen MR) is 68.4 cm³/mol. The number of rotatable bonds is 4. The largest absolute Gasteiger partial charge is 0.451 e. The first-order valence-electron chi connectivity index (χ1n) is 5.91. The quantitative estimate of drug-likeness (QED) is 0.932. The second-order valence-electron chi connectivity index (χ2n) is 4.10. The molecule has 0 bridgehead atoms. The van der Waals surface area contributed by atoms with E-state index in [2.05, 4.69) is 0 Å². The van der Waals surface area contributed by atoms with Crippen LogP contribution in [0.3, 0.4) is 0 Å². The number of nitrogens with zero attached hydrogens (tertiary/aromatic N) is 1. The minimum Gasteiger partial charge on any atom is -0.451 e. The predicted octanol–water partition coefficient (Wildman–Crippen LogP) is 3.16. The van der Waals surface area contributed by atoms with Crippen molar-refractivity contribution < 1.29 is 18.6 Å². The van der Waals surface area contributed by atoms with Gasteiger partial charge in [-0.1, -0.05) is 12.1 Å². The summed E-state index contributed by atoms with van der Waals surface area (Å²) in [5.41, 5.74) is 0.784. The van der Waals surface area contributed by atoms with Crippen molar-refractivity contribution in [1.29, 1.82) is 5.26 Å². The lowest BCUT2D eigenvalue weighted by atomic mass is 10.1. The molecular formula is C15H11F2NO2. The van der Waals surface area contributed by atoms with Crippen molar-refractivity contribution in [3.63, 3.8) is 0 Å². The maximum Gasteiger partial charge on any atom is 0.198 e. The molecule has 0 unspecified atom stereocenters. The summed E-state index contributed by atoms with van der Waals surface area (Å²) in [5.74, 6) is -2.13. The Bertz CT molecular complexity index is 625. The number of halogens is 2. The third kappa shape index (κ3) is 3.11. The van der Waals surface area contributed by atoms with Crippen molar-refractivity contribution in [3.8, 4) is 17.6 Å². The van der Waals surface area contributed by atoms with Gasteiger partial charge in [-0.2, -0.15) is 5.26 Å². The topological polar surface area (TPSA) is 53.2 Å². The highest BCUT2D eigenvalue weighted by atomic mass is 19.1. The minimum atomic E-state index is -0.930. The monoisotopic (exact) mass is 275 g/mol. The summed E-state index contributed by atoms with van der Waals surface area (Å²) in [6.07, 6.45) is 0.500. The second-order valence-corrected chi connectivity index (χ2v) is 4.10. The Balaban J connectivity index is 2.24. The van der Waals surface area contributed by atoms with Gasteiger partial charge < -0.3 is 9.84 Å². The number of hydrogen-bond acceptors (Lipinski definition) is 3. The fraction of sp³-hybridized carbons (Fsp3) is 0.133. The Morgan fingerprint density at radius 3 is 2.20 bits per heavy atom. The Hall–Kier alpha value is -2.45. The van der Waals surface area contributed by atoms with Crippen LogP contribution in [0.2, 0.25) is 0 Å². The number of ether oxygens (including phenoxy) is 1. The van der Waals surface area contributed by atoms with Gasteiger partial charge in [-0.25, -0.2) is 8.78 Å². The normalized spacial score (nSPS) is 10.1. The van der Waals surface area contributed by atoms with Gasteiger partial charge in [0.25, 0.3) is 0 Å². The molecule has 0 aromatic heterocycles. The van der Waals surface area contributed by atoms with Crippen LogP contribution < -0.4 is 4.74 Å². The van der Waals surface area contributed by atoms with Crippen molar-refractivity contribution in [2.75, 3.05) is 6.61 Å². The van der Waals surface area contributed by atoms with Gasteiger partial charge in [-0.15, -0.1) is 0 Å². The molecule has 0 spiro atoms. The van der Waals surface area contributed by atoms with Crippen molar-refractivity contribution in [2.45, 2.75) is 6.42 Å². The molecular weight excluding hydrogens is 264 g/mol. The minimum absolute atomic E-state index is 0.0269. The number of aliphatic hydroxyl groups is 1. The first kappa shape index (κ1) is 14.0. The molecule has 2 aromatic rings.